The zero-order valence-electron chi connectivity index (χ0n) is 15.9. The minimum absolute atomic E-state index is 0.137. The van der Waals surface area contributed by atoms with Crippen LogP contribution in [0.4, 0.5) is 8.78 Å². The molecule has 0 aliphatic heterocycles. The summed E-state index contributed by atoms with van der Waals surface area (Å²) >= 11 is 0. The van der Waals surface area contributed by atoms with Gasteiger partial charge in [0, 0.05) is 31.0 Å². The van der Waals surface area contributed by atoms with Gasteiger partial charge in [-0.3, -0.25) is 9.59 Å². The molecule has 0 radical (unpaired) electrons. The third kappa shape index (κ3) is 4.27. The standard InChI is InChI=1S/C22H18F2N4O2/c23-17-5-1-15(2-6-17)13-21(29)25-9-10-27-11-12-28-20(22(27)30)14-19(26-28)16-3-7-18(24)8-4-16/h1-8,11-12,14H,9-10,13H2,(H,25,29). The van der Waals surface area contributed by atoms with Crippen molar-refractivity contribution in [3.05, 3.63) is 94.5 Å². The van der Waals surface area contributed by atoms with Crippen molar-refractivity contribution in [1.29, 1.82) is 0 Å². The lowest BCUT2D eigenvalue weighted by Gasteiger charge is -2.08. The number of halogens is 2. The zero-order chi connectivity index (χ0) is 21.1. The molecule has 4 rings (SSSR count). The van der Waals surface area contributed by atoms with Crippen LogP contribution in [0.5, 0.6) is 0 Å². The number of carbonyl (C=O) groups is 1. The third-order valence-electron chi connectivity index (χ3n) is 4.70. The van der Waals surface area contributed by atoms with Crippen molar-refractivity contribution in [3.8, 4) is 11.3 Å². The van der Waals surface area contributed by atoms with Crippen LogP contribution in [-0.4, -0.2) is 26.6 Å². The molecule has 2 heterocycles. The van der Waals surface area contributed by atoms with Crippen LogP contribution < -0.4 is 10.9 Å². The Morgan fingerprint density at radius 2 is 1.63 bits per heavy atom. The van der Waals surface area contributed by atoms with E-state index >= 15 is 0 Å². The Morgan fingerprint density at radius 1 is 0.967 bits per heavy atom. The molecule has 4 aromatic rings. The molecule has 0 aliphatic rings. The molecule has 0 unspecified atom stereocenters. The average molecular weight is 408 g/mol. The summed E-state index contributed by atoms with van der Waals surface area (Å²) in [5.74, 6) is -0.901. The van der Waals surface area contributed by atoms with Crippen molar-refractivity contribution in [2.75, 3.05) is 6.54 Å². The summed E-state index contributed by atoms with van der Waals surface area (Å²) in [6.07, 6.45) is 3.39. The van der Waals surface area contributed by atoms with Gasteiger partial charge in [0.2, 0.25) is 5.91 Å². The number of carbonyl (C=O) groups excluding carboxylic acids is 1. The first-order chi connectivity index (χ1) is 14.5. The highest BCUT2D eigenvalue weighted by Gasteiger charge is 2.10. The molecule has 0 fully saturated rings. The van der Waals surface area contributed by atoms with Crippen LogP contribution in [0.1, 0.15) is 5.56 Å². The highest BCUT2D eigenvalue weighted by Crippen LogP contribution is 2.18. The minimum atomic E-state index is -0.351. The van der Waals surface area contributed by atoms with Crippen LogP contribution in [0.3, 0.4) is 0 Å². The largest absolute Gasteiger partial charge is 0.354 e. The molecule has 8 heteroatoms. The summed E-state index contributed by atoms with van der Waals surface area (Å²) < 4.78 is 29.0. The second-order valence-corrected chi connectivity index (χ2v) is 6.82. The van der Waals surface area contributed by atoms with Crippen molar-refractivity contribution in [3.63, 3.8) is 0 Å². The first kappa shape index (κ1) is 19.5. The van der Waals surface area contributed by atoms with E-state index in [1.807, 2.05) is 0 Å². The molecule has 0 bridgehead atoms. The molecular weight excluding hydrogens is 390 g/mol. The smallest absolute Gasteiger partial charge is 0.276 e. The Bertz CT molecular complexity index is 1250. The summed E-state index contributed by atoms with van der Waals surface area (Å²) in [5, 5.41) is 7.12. The number of aromatic nitrogens is 3. The van der Waals surface area contributed by atoms with Gasteiger partial charge < -0.3 is 9.88 Å². The molecule has 0 aliphatic carbocycles. The lowest BCUT2D eigenvalue weighted by Crippen LogP contribution is -2.32. The van der Waals surface area contributed by atoms with E-state index in [1.54, 1.807) is 42.7 Å². The van der Waals surface area contributed by atoms with Gasteiger partial charge in [-0.2, -0.15) is 5.10 Å². The van der Waals surface area contributed by atoms with Gasteiger partial charge in [-0.1, -0.05) is 12.1 Å². The Morgan fingerprint density at radius 3 is 2.33 bits per heavy atom. The summed E-state index contributed by atoms with van der Waals surface area (Å²) in [6.45, 7) is 0.566. The summed E-state index contributed by atoms with van der Waals surface area (Å²) in [5.41, 5.74) is 2.12. The fourth-order valence-electron chi connectivity index (χ4n) is 3.13. The molecule has 2 aromatic heterocycles. The van der Waals surface area contributed by atoms with Crippen LogP contribution in [-0.2, 0) is 17.8 Å². The first-order valence-corrected chi connectivity index (χ1v) is 9.35. The van der Waals surface area contributed by atoms with E-state index in [4.69, 9.17) is 0 Å². The molecule has 0 atom stereocenters. The molecule has 30 heavy (non-hydrogen) atoms. The number of fused-ring (bicyclic) bond motifs is 1. The van der Waals surface area contributed by atoms with Gasteiger partial charge in [0.05, 0.1) is 12.1 Å². The molecule has 1 amide bonds. The number of amides is 1. The molecule has 0 saturated carbocycles. The monoisotopic (exact) mass is 408 g/mol. The van der Waals surface area contributed by atoms with Gasteiger partial charge in [-0.15, -0.1) is 0 Å². The maximum Gasteiger partial charge on any atom is 0.276 e. The maximum atomic E-state index is 13.1. The minimum Gasteiger partial charge on any atom is -0.354 e. The van der Waals surface area contributed by atoms with Gasteiger partial charge in [-0.25, -0.2) is 13.3 Å². The average Bonchev–Trinajstić information content (AvgIpc) is 3.17. The number of nitrogens with zero attached hydrogens (tertiary/aromatic N) is 3. The van der Waals surface area contributed by atoms with Crippen LogP contribution in [0, 0.1) is 11.6 Å². The molecule has 0 spiro atoms. The van der Waals surface area contributed by atoms with E-state index in [1.165, 1.54) is 33.3 Å². The third-order valence-corrected chi connectivity index (χ3v) is 4.70. The van der Waals surface area contributed by atoms with E-state index in [9.17, 15) is 18.4 Å². The topological polar surface area (TPSA) is 68.4 Å². The highest BCUT2D eigenvalue weighted by molar-refractivity contribution is 5.78. The zero-order valence-corrected chi connectivity index (χ0v) is 15.9. The Labute approximate surface area is 170 Å². The van der Waals surface area contributed by atoms with Gasteiger partial charge in [0.15, 0.2) is 0 Å². The molecule has 1 N–H and O–H groups in total. The second-order valence-electron chi connectivity index (χ2n) is 6.82. The highest BCUT2D eigenvalue weighted by atomic mass is 19.1. The van der Waals surface area contributed by atoms with E-state index in [0.717, 1.165) is 0 Å². The number of hydrogen-bond donors (Lipinski definition) is 1. The predicted octanol–water partition coefficient (Wildman–Crippen LogP) is 2.80. The van der Waals surface area contributed by atoms with Crippen molar-refractivity contribution in [2.45, 2.75) is 13.0 Å². The van der Waals surface area contributed by atoms with Gasteiger partial charge in [0.25, 0.3) is 5.56 Å². The van der Waals surface area contributed by atoms with Crippen molar-refractivity contribution in [2.24, 2.45) is 0 Å². The predicted molar refractivity (Wildman–Crippen MR) is 108 cm³/mol. The van der Waals surface area contributed by atoms with Crippen LogP contribution in [0.25, 0.3) is 16.8 Å². The first-order valence-electron chi connectivity index (χ1n) is 9.35. The van der Waals surface area contributed by atoms with Gasteiger partial charge in [0.1, 0.15) is 17.2 Å². The lowest BCUT2D eigenvalue weighted by atomic mass is 10.1. The SMILES string of the molecule is O=C(Cc1ccc(F)cc1)NCCn1ccn2nc(-c3ccc(F)cc3)cc2c1=O. The molecule has 0 saturated heterocycles. The van der Waals surface area contributed by atoms with E-state index in [-0.39, 0.29) is 36.1 Å². The van der Waals surface area contributed by atoms with E-state index < -0.39 is 0 Å². The Hall–Kier alpha value is -3.81. The molecule has 2 aromatic carbocycles. The fraction of sp³-hybridized carbons (Fsp3) is 0.136. The van der Waals surface area contributed by atoms with Gasteiger partial charge in [-0.05, 0) is 48.0 Å². The van der Waals surface area contributed by atoms with Crippen molar-refractivity contribution in [1.82, 2.24) is 19.5 Å². The van der Waals surface area contributed by atoms with Crippen molar-refractivity contribution < 1.29 is 13.6 Å². The normalized spacial score (nSPS) is 11.0. The fourth-order valence-corrected chi connectivity index (χ4v) is 3.13. The molecule has 152 valence electrons. The van der Waals surface area contributed by atoms with Crippen LogP contribution in [0.2, 0.25) is 0 Å². The lowest BCUT2D eigenvalue weighted by molar-refractivity contribution is -0.120. The van der Waals surface area contributed by atoms with E-state index in [2.05, 4.69) is 10.4 Å². The molecular formula is C22H18F2N4O2. The summed E-state index contributed by atoms with van der Waals surface area (Å²) in [6, 6.07) is 13.3. The second kappa shape index (κ2) is 8.28. The summed E-state index contributed by atoms with van der Waals surface area (Å²) in [7, 11) is 0. The van der Waals surface area contributed by atoms with Crippen LogP contribution >= 0.6 is 0 Å². The number of rotatable bonds is 6. The van der Waals surface area contributed by atoms with Crippen molar-refractivity contribution >= 4 is 11.4 Å². The quantitative estimate of drug-likeness (QED) is 0.534. The Kier molecular flexibility index (Phi) is 5.38. The molecule has 6 nitrogen and oxygen atoms in total. The Balaban J connectivity index is 1.42. The number of nitrogens with one attached hydrogen (secondary N) is 1. The maximum absolute atomic E-state index is 13.1. The van der Waals surface area contributed by atoms with Gasteiger partial charge >= 0.3 is 0 Å². The van der Waals surface area contributed by atoms with E-state index in [0.29, 0.717) is 28.9 Å². The summed E-state index contributed by atoms with van der Waals surface area (Å²) in [4.78, 5) is 24.8. The number of hydrogen-bond acceptors (Lipinski definition) is 3. The van der Waals surface area contributed by atoms with Crippen LogP contribution in [0.15, 0.2) is 71.8 Å². The number of benzene rings is 2.